The second-order valence-corrected chi connectivity index (χ2v) is 9.23. The number of nitrogens with zero attached hydrogens (tertiary/aromatic N) is 1. The lowest BCUT2D eigenvalue weighted by Gasteiger charge is -2.08. The van der Waals surface area contributed by atoms with E-state index < -0.39 is 9.84 Å². The number of hydrogen-bond donors (Lipinski definition) is 0. The standard InChI is InChI=1S/C26H25NO5S/c1-2-31-26(28)10-6-7-15-32-23-14-13-21-16-20(11-12-22(21)18-23)17-25(19-27)33(29,30)24-8-4-3-5-9-24/h3-5,8-9,11-14,16-18H,2,6-7,10,15H2,1H3/b25-17+. The highest BCUT2D eigenvalue weighted by atomic mass is 32.2. The predicted molar refractivity (Wildman–Crippen MR) is 127 cm³/mol. The van der Waals surface area contributed by atoms with E-state index >= 15 is 0 Å². The summed E-state index contributed by atoms with van der Waals surface area (Å²) in [6, 6.07) is 20.8. The van der Waals surface area contributed by atoms with Crippen LogP contribution in [0.1, 0.15) is 31.7 Å². The van der Waals surface area contributed by atoms with Crippen molar-refractivity contribution in [3.8, 4) is 11.8 Å². The number of esters is 1. The first-order valence-electron chi connectivity index (χ1n) is 10.7. The van der Waals surface area contributed by atoms with Crippen molar-refractivity contribution in [1.29, 1.82) is 5.26 Å². The Balaban J connectivity index is 1.69. The van der Waals surface area contributed by atoms with E-state index in [1.807, 2.05) is 36.4 Å². The van der Waals surface area contributed by atoms with Crippen molar-refractivity contribution in [2.24, 2.45) is 0 Å². The van der Waals surface area contributed by atoms with Crippen LogP contribution in [0.5, 0.6) is 5.75 Å². The van der Waals surface area contributed by atoms with E-state index in [2.05, 4.69) is 0 Å². The lowest BCUT2D eigenvalue weighted by atomic mass is 10.1. The molecule has 0 aliphatic carbocycles. The van der Waals surface area contributed by atoms with E-state index in [4.69, 9.17) is 9.47 Å². The smallest absolute Gasteiger partial charge is 0.305 e. The largest absolute Gasteiger partial charge is 0.494 e. The first-order chi connectivity index (χ1) is 15.9. The van der Waals surface area contributed by atoms with E-state index in [9.17, 15) is 18.5 Å². The van der Waals surface area contributed by atoms with E-state index in [1.165, 1.54) is 18.2 Å². The number of hydrogen-bond acceptors (Lipinski definition) is 6. The number of carbonyl (C=O) groups is 1. The van der Waals surface area contributed by atoms with Gasteiger partial charge in [-0.2, -0.15) is 5.26 Å². The summed E-state index contributed by atoms with van der Waals surface area (Å²) in [5.41, 5.74) is 0.617. The molecule has 0 fully saturated rings. The Labute approximate surface area is 194 Å². The van der Waals surface area contributed by atoms with Crippen molar-refractivity contribution in [2.75, 3.05) is 13.2 Å². The topological polar surface area (TPSA) is 93.5 Å². The van der Waals surface area contributed by atoms with Gasteiger partial charge in [0.1, 0.15) is 16.7 Å². The number of allylic oxidation sites excluding steroid dienone is 1. The molecule has 0 saturated carbocycles. The van der Waals surface area contributed by atoms with Gasteiger partial charge in [-0.1, -0.05) is 36.4 Å². The number of ether oxygens (including phenoxy) is 2. The maximum Gasteiger partial charge on any atom is 0.305 e. The van der Waals surface area contributed by atoms with E-state index in [0.717, 1.165) is 17.2 Å². The summed E-state index contributed by atoms with van der Waals surface area (Å²) in [4.78, 5) is 11.1. The van der Waals surface area contributed by atoms with E-state index in [0.29, 0.717) is 37.4 Å². The SMILES string of the molecule is CCOC(=O)CCCCOc1ccc2cc(/C=C(\C#N)S(=O)(=O)c3ccccc3)ccc2c1. The Morgan fingerprint density at radius 3 is 2.45 bits per heavy atom. The molecule has 0 saturated heterocycles. The Morgan fingerprint density at radius 2 is 1.73 bits per heavy atom. The van der Waals surface area contributed by atoms with Gasteiger partial charge in [0.2, 0.25) is 9.84 Å². The molecule has 0 spiro atoms. The van der Waals surface area contributed by atoms with Gasteiger partial charge in [-0.15, -0.1) is 0 Å². The summed E-state index contributed by atoms with van der Waals surface area (Å²) >= 11 is 0. The van der Waals surface area contributed by atoms with Crippen molar-refractivity contribution in [1.82, 2.24) is 0 Å². The third kappa shape index (κ3) is 6.43. The first-order valence-corrected chi connectivity index (χ1v) is 12.2. The van der Waals surface area contributed by atoms with Crippen molar-refractivity contribution >= 4 is 32.7 Å². The minimum atomic E-state index is -3.88. The molecular weight excluding hydrogens is 438 g/mol. The zero-order valence-corrected chi connectivity index (χ0v) is 19.2. The molecular formula is C26H25NO5S. The fourth-order valence-electron chi connectivity index (χ4n) is 3.26. The molecule has 0 heterocycles. The summed E-state index contributed by atoms with van der Waals surface area (Å²) < 4.78 is 36.2. The van der Waals surface area contributed by atoms with Crippen molar-refractivity contribution in [3.05, 3.63) is 77.2 Å². The predicted octanol–water partition coefficient (Wildman–Crippen LogP) is 5.29. The van der Waals surface area contributed by atoms with Gasteiger partial charge in [0.05, 0.1) is 18.1 Å². The quantitative estimate of drug-likeness (QED) is 0.230. The summed E-state index contributed by atoms with van der Waals surface area (Å²) in [5.74, 6) is 0.524. The fourth-order valence-corrected chi connectivity index (χ4v) is 4.45. The molecule has 0 bridgehead atoms. The third-order valence-electron chi connectivity index (χ3n) is 4.94. The molecule has 0 aliphatic rings. The van der Waals surface area contributed by atoms with Crippen LogP contribution in [0.15, 0.2) is 76.5 Å². The second kappa shape index (κ2) is 11.3. The summed E-state index contributed by atoms with van der Waals surface area (Å²) in [5, 5.41) is 11.3. The molecule has 0 aromatic heterocycles. The Kier molecular flexibility index (Phi) is 8.22. The van der Waals surface area contributed by atoms with Gasteiger partial charge in [-0.05, 0) is 72.5 Å². The average Bonchev–Trinajstić information content (AvgIpc) is 2.82. The molecule has 0 amide bonds. The summed E-state index contributed by atoms with van der Waals surface area (Å²) in [6.07, 6.45) is 3.22. The van der Waals surface area contributed by atoms with Gasteiger partial charge in [-0.25, -0.2) is 8.42 Å². The number of carbonyl (C=O) groups excluding carboxylic acids is 1. The summed E-state index contributed by atoms with van der Waals surface area (Å²) in [7, 11) is -3.88. The molecule has 3 rings (SSSR count). The van der Waals surface area contributed by atoms with Crippen molar-refractivity contribution in [3.63, 3.8) is 0 Å². The second-order valence-electron chi connectivity index (χ2n) is 7.32. The summed E-state index contributed by atoms with van der Waals surface area (Å²) in [6.45, 7) is 2.67. The van der Waals surface area contributed by atoms with E-state index in [1.54, 1.807) is 31.2 Å². The number of rotatable bonds is 10. The average molecular weight is 464 g/mol. The number of sulfone groups is 1. The van der Waals surface area contributed by atoms with Gasteiger partial charge in [0.15, 0.2) is 0 Å². The van der Waals surface area contributed by atoms with Gasteiger partial charge in [0, 0.05) is 6.42 Å². The first kappa shape index (κ1) is 24.0. The Hall–Kier alpha value is -3.63. The van der Waals surface area contributed by atoms with Crippen LogP contribution in [0, 0.1) is 11.3 Å². The number of unbranched alkanes of at least 4 members (excludes halogenated alkanes) is 1. The number of nitriles is 1. The van der Waals surface area contributed by atoms with Gasteiger partial charge in [0.25, 0.3) is 0 Å². The van der Waals surface area contributed by atoms with Crippen LogP contribution in [0.2, 0.25) is 0 Å². The maximum absolute atomic E-state index is 12.8. The molecule has 0 unspecified atom stereocenters. The van der Waals surface area contributed by atoms with Crippen LogP contribution in [-0.4, -0.2) is 27.6 Å². The Morgan fingerprint density at radius 1 is 1.00 bits per heavy atom. The van der Waals surface area contributed by atoms with Crippen LogP contribution in [-0.2, 0) is 19.4 Å². The van der Waals surface area contributed by atoms with Gasteiger partial charge < -0.3 is 9.47 Å². The molecule has 6 nitrogen and oxygen atoms in total. The highest BCUT2D eigenvalue weighted by Gasteiger charge is 2.20. The zero-order chi connectivity index (χ0) is 23.7. The van der Waals surface area contributed by atoms with Crippen LogP contribution >= 0.6 is 0 Å². The Bertz CT molecular complexity index is 1290. The van der Waals surface area contributed by atoms with Gasteiger partial charge >= 0.3 is 5.97 Å². The van der Waals surface area contributed by atoms with Crippen LogP contribution in [0.4, 0.5) is 0 Å². The minimum absolute atomic E-state index is 0.0858. The maximum atomic E-state index is 12.8. The monoisotopic (exact) mass is 463 g/mol. The van der Waals surface area contributed by atoms with Crippen molar-refractivity contribution < 1.29 is 22.7 Å². The lowest BCUT2D eigenvalue weighted by molar-refractivity contribution is -0.143. The highest BCUT2D eigenvalue weighted by Crippen LogP contribution is 2.25. The fraction of sp³-hybridized carbons (Fsp3) is 0.231. The van der Waals surface area contributed by atoms with E-state index in [-0.39, 0.29) is 15.8 Å². The molecule has 0 N–H and O–H groups in total. The highest BCUT2D eigenvalue weighted by molar-refractivity contribution is 7.95. The molecule has 170 valence electrons. The van der Waals surface area contributed by atoms with Crippen LogP contribution in [0.25, 0.3) is 16.8 Å². The van der Waals surface area contributed by atoms with Crippen molar-refractivity contribution in [2.45, 2.75) is 31.1 Å². The molecule has 0 atom stereocenters. The lowest BCUT2D eigenvalue weighted by Crippen LogP contribution is -2.05. The molecule has 0 radical (unpaired) electrons. The molecule has 3 aromatic rings. The normalized spacial score (nSPS) is 11.7. The minimum Gasteiger partial charge on any atom is -0.494 e. The molecule has 33 heavy (non-hydrogen) atoms. The molecule has 7 heteroatoms. The molecule has 0 aliphatic heterocycles. The number of benzene rings is 3. The number of fused-ring (bicyclic) bond motifs is 1. The zero-order valence-electron chi connectivity index (χ0n) is 18.4. The third-order valence-corrected chi connectivity index (χ3v) is 6.62. The van der Waals surface area contributed by atoms with Gasteiger partial charge in [-0.3, -0.25) is 4.79 Å². The van der Waals surface area contributed by atoms with Crippen LogP contribution in [0.3, 0.4) is 0 Å². The molecule has 3 aromatic carbocycles. The van der Waals surface area contributed by atoms with Crippen LogP contribution < -0.4 is 4.74 Å².